The molecule has 0 fully saturated rings. The fourth-order valence-electron chi connectivity index (χ4n) is 2.80. The van der Waals surface area contributed by atoms with E-state index in [-0.39, 0.29) is 30.0 Å². The van der Waals surface area contributed by atoms with Gasteiger partial charge in [-0.3, -0.25) is 9.59 Å². The average Bonchev–Trinajstić information content (AvgIpc) is 2.75. The monoisotopic (exact) mass is 463 g/mol. The Morgan fingerprint density at radius 2 is 1.91 bits per heavy atom. The van der Waals surface area contributed by atoms with E-state index >= 15 is 0 Å². The van der Waals surface area contributed by atoms with Crippen LogP contribution in [0.3, 0.4) is 0 Å². The van der Waals surface area contributed by atoms with E-state index in [0.717, 1.165) is 12.1 Å². The van der Waals surface area contributed by atoms with Gasteiger partial charge in [0, 0.05) is 24.1 Å². The Labute approximate surface area is 189 Å². The van der Waals surface area contributed by atoms with Crippen molar-refractivity contribution in [3.63, 3.8) is 0 Å². The lowest BCUT2D eigenvalue weighted by Crippen LogP contribution is -2.20. The third-order valence-electron chi connectivity index (χ3n) is 4.30. The zero-order valence-corrected chi connectivity index (χ0v) is 17.9. The molecule has 3 N–H and O–H groups in total. The van der Waals surface area contributed by atoms with Crippen molar-refractivity contribution in [1.82, 2.24) is 5.43 Å². The Hall–Kier alpha value is -3.82. The SMILES string of the molecule is C=CCc1cc(/C=N/NC(=O)CCC(=O)Nc2cccc(C(F)(F)F)c2)cc(OCC)c1O. The Kier molecular flexibility index (Phi) is 9.02. The van der Waals surface area contributed by atoms with E-state index in [1.54, 1.807) is 25.1 Å². The number of carbonyl (C=O) groups is 2. The first-order valence-corrected chi connectivity index (χ1v) is 10.0. The van der Waals surface area contributed by atoms with Crippen molar-refractivity contribution in [2.75, 3.05) is 11.9 Å². The van der Waals surface area contributed by atoms with E-state index in [4.69, 9.17) is 4.74 Å². The molecule has 0 unspecified atom stereocenters. The highest BCUT2D eigenvalue weighted by Gasteiger charge is 2.30. The fraction of sp³-hybridized carbons (Fsp3) is 0.261. The summed E-state index contributed by atoms with van der Waals surface area (Å²) >= 11 is 0. The largest absolute Gasteiger partial charge is 0.504 e. The van der Waals surface area contributed by atoms with Gasteiger partial charge in [0.25, 0.3) is 0 Å². The lowest BCUT2D eigenvalue weighted by Gasteiger charge is -2.11. The van der Waals surface area contributed by atoms with E-state index < -0.39 is 23.6 Å². The number of phenolic OH excluding ortho intramolecular Hbond substituents is 1. The number of phenols is 1. The molecule has 0 aliphatic rings. The molecule has 176 valence electrons. The number of rotatable bonds is 10. The maximum absolute atomic E-state index is 12.7. The maximum Gasteiger partial charge on any atom is 0.416 e. The molecule has 2 rings (SSSR count). The summed E-state index contributed by atoms with van der Waals surface area (Å²) in [6, 6.07) is 7.44. The fourth-order valence-corrected chi connectivity index (χ4v) is 2.80. The van der Waals surface area contributed by atoms with Crippen LogP contribution in [-0.4, -0.2) is 29.7 Å². The summed E-state index contributed by atoms with van der Waals surface area (Å²) in [4.78, 5) is 23.9. The van der Waals surface area contributed by atoms with Gasteiger partial charge < -0.3 is 15.2 Å². The number of nitrogens with one attached hydrogen (secondary N) is 2. The van der Waals surface area contributed by atoms with Crippen LogP contribution in [0.15, 0.2) is 54.2 Å². The first-order chi connectivity index (χ1) is 15.6. The zero-order valence-electron chi connectivity index (χ0n) is 17.9. The molecule has 0 aliphatic carbocycles. The highest BCUT2D eigenvalue weighted by Crippen LogP contribution is 2.32. The van der Waals surface area contributed by atoms with E-state index in [0.29, 0.717) is 24.2 Å². The number of nitrogens with zero attached hydrogens (tertiary/aromatic N) is 1. The third kappa shape index (κ3) is 7.99. The second-order valence-corrected chi connectivity index (χ2v) is 6.87. The number of hydrazone groups is 1. The van der Waals surface area contributed by atoms with Crippen LogP contribution in [0.2, 0.25) is 0 Å². The van der Waals surface area contributed by atoms with Crippen LogP contribution in [-0.2, 0) is 22.2 Å². The minimum atomic E-state index is -4.52. The number of amides is 2. The van der Waals surface area contributed by atoms with E-state index in [2.05, 4.69) is 22.4 Å². The van der Waals surface area contributed by atoms with Gasteiger partial charge in [0.05, 0.1) is 18.4 Å². The Morgan fingerprint density at radius 3 is 2.58 bits per heavy atom. The molecule has 2 aromatic carbocycles. The molecule has 0 saturated carbocycles. The first-order valence-electron chi connectivity index (χ1n) is 10.0. The number of anilines is 1. The molecule has 0 saturated heterocycles. The van der Waals surface area contributed by atoms with Crippen molar-refractivity contribution in [3.8, 4) is 11.5 Å². The molecule has 7 nitrogen and oxygen atoms in total. The minimum absolute atomic E-state index is 0.00437. The van der Waals surface area contributed by atoms with Crippen molar-refractivity contribution >= 4 is 23.7 Å². The van der Waals surface area contributed by atoms with Crippen molar-refractivity contribution in [3.05, 3.63) is 65.7 Å². The van der Waals surface area contributed by atoms with Gasteiger partial charge in [-0.1, -0.05) is 12.1 Å². The number of hydrogen-bond acceptors (Lipinski definition) is 5. The lowest BCUT2D eigenvalue weighted by atomic mass is 10.1. The van der Waals surface area contributed by atoms with Gasteiger partial charge in [-0.05, 0) is 49.2 Å². The van der Waals surface area contributed by atoms with Crippen LogP contribution in [0.5, 0.6) is 11.5 Å². The molecule has 10 heteroatoms. The Balaban J connectivity index is 1.90. The summed E-state index contributed by atoms with van der Waals surface area (Å²) in [6.07, 6.45) is -1.60. The standard InChI is InChI=1S/C23H24F3N3O4/c1-3-6-16-11-15(12-19(22(16)32)33-4-2)14-27-29-21(31)10-9-20(30)28-18-8-5-7-17(13-18)23(24,25)26/h3,5,7-8,11-14,32H,1,4,6,9-10H2,2H3,(H,28,30)(H,29,31)/b27-14+. The van der Waals surface area contributed by atoms with Gasteiger partial charge >= 0.3 is 6.18 Å². The molecule has 2 aromatic rings. The minimum Gasteiger partial charge on any atom is -0.504 e. The van der Waals surface area contributed by atoms with Crippen LogP contribution in [0.1, 0.15) is 36.5 Å². The normalized spacial score (nSPS) is 11.3. The summed E-state index contributed by atoms with van der Waals surface area (Å²) in [6.45, 7) is 5.76. The van der Waals surface area contributed by atoms with E-state index in [1.807, 2.05) is 0 Å². The van der Waals surface area contributed by atoms with Gasteiger partial charge in [-0.2, -0.15) is 18.3 Å². The van der Waals surface area contributed by atoms with Crippen molar-refractivity contribution in [2.45, 2.75) is 32.4 Å². The lowest BCUT2D eigenvalue weighted by molar-refractivity contribution is -0.137. The van der Waals surface area contributed by atoms with Gasteiger partial charge in [-0.25, -0.2) is 5.43 Å². The van der Waals surface area contributed by atoms with Gasteiger partial charge in [0.2, 0.25) is 11.8 Å². The summed E-state index contributed by atoms with van der Waals surface area (Å²) < 4.78 is 43.6. The van der Waals surface area contributed by atoms with Crippen LogP contribution >= 0.6 is 0 Å². The first kappa shape index (κ1) is 25.4. The van der Waals surface area contributed by atoms with E-state index in [9.17, 15) is 27.9 Å². The predicted molar refractivity (Wildman–Crippen MR) is 118 cm³/mol. The molecule has 0 atom stereocenters. The highest BCUT2D eigenvalue weighted by atomic mass is 19.4. The maximum atomic E-state index is 12.7. The highest BCUT2D eigenvalue weighted by molar-refractivity contribution is 5.93. The van der Waals surface area contributed by atoms with Crippen molar-refractivity contribution in [2.24, 2.45) is 5.10 Å². The predicted octanol–water partition coefficient (Wildman–Crippen LogP) is 4.41. The van der Waals surface area contributed by atoms with Gasteiger partial charge in [0.1, 0.15) is 0 Å². The Bertz CT molecular complexity index is 1040. The van der Waals surface area contributed by atoms with Crippen molar-refractivity contribution in [1.29, 1.82) is 0 Å². The Morgan fingerprint density at radius 1 is 1.18 bits per heavy atom. The molecule has 0 aliphatic heterocycles. The van der Waals surface area contributed by atoms with Crippen LogP contribution in [0, 0.1) is 0 Å². The summed E-state index contributed by atoms with van der Waals surface area (Å²) in [5, 5.41) is 16.4. The quantitative estimate of drug-likeness (QED) is 0.276. The number of aromatic hydroxyl groups is 1. The summed E-state index contributed by atoms with van der Waals surface area (Å²) in [5.41, 5.74) is 2.52. The third-order valence-corrected chi connectivity index (χ3v) is 4.30. The summed E-state index contributed by atoms with van der Waals surface area (Å²) in [7, 11) is 0. The van der Waals surface area contributed by atoms with Crippen LogP contribution < -0.4 is 15.5 Å². The smallest absolute Gasteiger partial charge is 0.416 e. The molecule has 2 amide bonds. The molecule has 0 aromatic heterocycles. The topological polar surface area (TPSA) is 100 Å². The number of allylic oxidation sites excluding steroid dienone is 1. The zero-order chi connectivity index (χ0) is 24.4. The number of ether oxygens (including phenoxy) is 1. The average molecular weight is 463 g/mol. The number of benzene rings is 2. The van der Waals surface area contributed by atoms with Crippen LogP contribution in [0.4, 0.5) is 18.9 Å². The number of alkyl halides is 3. The van der Waals surface area contributed by atoms with Crippen LogP contribution in [0.25, 0.3) is 0 Å². The van der Waals surface area contributed by atoms with Crippen molar-refractivity contribution < 1.29 is 32.6 Å². The number of hydrogen-bond donors (Lipinski definition) is 3. The molecule has 0 heterocycles. The molecular formula is C23H24F3N3O4. The molecular weight excluding hydrogens is 439 g/mol. The second-order valence-electron chi connectivity index (χ2n) is 6.87. The van der Waals surface area contributed by atoms with Gasteiger partial charge in [0.15, 0.2) is 11.5 Å². The summed E-state index contributed by atoms with van der Waals surface area (Å²) in [5.74, 6) is -0.886. The molecule has 0 spiro atoms. The second kappa shape index (κ2) is 11.7. The molecule has 33 heavy (non-hydrogen) atoms. The number of halogens is 3. The number of carbonyl (C=O) groups excluding carboxylic acids is 2. The molecule has 0 bridgehead atoms. The van der Waals surface area contributed by atoms with Gasteiger partial charge in [-0.15, -0.1) is 6.58 Å². The molecule has 0 radical (unpaired) electrons. The van der Waals surface area contributed by atoms with E-state index in [1.165, 1.54) is 18.3 Å².